The van der Waals surface area contributed by atoms with Crippen molar-refractivity contribution < 1.29 is 5.11 Å². The van der Waals surface area contributed by atoms with Crippen molar-refractivity contribution in [3.63, 3.8) is 0 Å². The maximum atomic E-state index is 9.47. The van der Waals surface area contributed by atoms with Gasteiger partial charge in [0.05, 0.1) is 12.6 Å². The average Bonchev–Trinajstić information content (AvgIpc) is 2.68. The molecule has 0 aliphatic rings. The molecule has 2 unspecified atom stereocenters. The molecule has 0 saturated heterocycles. The summed E-state index contributed by atoms with van der Waals surface area (Å²) in [7, 11) is 0. The molecule has 3 N–H and O–H groups in total. The van der Waals surface area contributed by atoms with Gasteiger partial charge in [-0.05, 0) is 6.42 Å². The third-order valence-electron chi connectivity index (χ3n) is 2.88. The quantitative estimate of drug-likeness (QED) is 0.774. The number of nitrogens with zero attached hydrogens (tertiary/aromatic N) is 2. The molecule has 0 amide bonds. The third kappa shape index (κ3) is 2.83. The highest BCUT2D eigenvalue weighted by Gasteiger charge is 2.21. The van der Waals surface area contributed by atoms with Crippen LogP contribution in [0.1, 0.15) is 51.4 Å². The Morgan fingerprint density at radius 1 is 1.50 bits per heavy atom. The molecule has 4 heteroatoms. The number of imidazole rings is 1. The Labute approximate surface area is 97.5 Å². The average molecular weight is 225 g/mol. The van der Waals surface area contributed by atoms with Gasteiger partial charge in [-0.15, -0.1) is 0 Å². The van der Waals surface area contributed by atoms with Crippen LogP contribution in [0.2, 0.25) is 0 Å². The van der Waals surface area contributed by atoms with Crippen molar-refractivity contribution in [1.82, 2.24) is 9.55 Å². The first-order valence-corrected chi connectivity index (χ1v) is 6.01. The van der Waals surface area contributed by atoms with Crippen LogP contribution in [0.4, 0.5) is 0 Å². The van der Waals surface area contributed by atoms with Gasteiger partial charge in [-0.3, -0.25) is 0 Å². The van der Waals surface area contributed by atoms with E-state index in [0.29, 0.717) is 5.92 Å². The largest absolute Gasteiger partial charge is 0.394 e. The minimum atomic E-state index is -0.0557. The summed E-state index contributed by atoms with van der Waals surface area (Å²) < 4.78 is 2.02. The van der Waals surface area contributed by atoms with Gasteiger partial charge in [-0.1, -0.05) is 27.2 Å². The first-order chi connectivity index (χ1) is 7.61. The van der Waals surface area contributed by atoms with Crippen molar-refractivity contribution in [2.24, 2.45) is 5.73 Å². The Morgan fingerprint density at radius 2 is 2.19 bits per heavy atom. The van der Waals surface area contributed by atoms with Crippen molar-refractivity contribution in [2.45, 2.75) is 51.6 Å². The zero-order valence-electron chi connectivity index (χ0n) is 10.4. The van der Waals surface area contributed by atoms with E-state index in [0.717, 1.165) is 18.7 Å². The molecule has 16 heavy (non-hydrogen) atoms. The molecular weight excluding hydrogens is 202 g/mol. The van der Waals surface area contributed by atoms with E-state index in [2.05, 4.69) is 25.8 Å². The van der Waals surface area contributed by atoms with Gasteiger partial charge in [0.15, 0.2) is 0 Å². The minimum Gasteiger partial charge on any atom is -0.394 e. The van der Waals surface area contributed by atoms with E-state index in [1.165, 1.54) is 0 Å². The topological polar surface area (TPSA) is 64.1 Å². The number of aliphatic hydroxyl groups excluding tert-OH is 1. The molecule has 92 valence electrons. The van der Waals surface area contributed by atoms with Gasteiger partial charge in [0.2, 0.25) is 0 Å². The van der Waals surface area contributed by atoms with E-state index in [1.54, 1.807) is 6.20 Å². The molecule has 0 aliphatic carbocycles. The maximum Gasteiger partial charge on any atom is 0.111 e. The summed E-state index contributed by atoms with van der Waals surface area (Å²) in [6, 6.07) is -0.0680. The fourth-order valence-corrected chi connectivity index (χ4v) is 2.01. The lowest BCUT2D eigenvalue weighted by Gasteiger charge is -2.25. The normalized spacial score (nSPS) is 15.4. The molecule has 0 radical (unpaired) electrons. The number of nitrogens with two attached hydrogens (primary N) is 1. The van der Waals surface area contributed by atoms with E-state index in [4.69, 9.17) is 5.73 Å². The molecule has 1 heterocycles. The molecule has 0 fully saturated rings. The molecular formula is C12H23N3O. The number of rotatable bonds is 6. The Bertz CT molecular complexity index is 309. The lowest BCUT2D eigenvalue weighted by molar-refractivity contribution is 0.199. The zero-order valence-corrected chi connectivity index (χ0v) is 10.4. The van der Waals surface area contributed by atoms with Gasteiger partial charge in [0.25, 0.3) is 0 Å². The van der Waals surface area contributed by atoms with Crippen molar-refractivity contribution in [2.75, 3.05) is 6.61 Å². The SMILES string of the molecule is CCCC(N)C(CO)n1ccnc1C(C)C. The predicted molar refractivity (Wildman–Crippen MR) is 65.3 cm³/mol. The second kappa shape index (κ2) is 6.01. The van der Waals surface area contributed by atoms with Gasteiger partial charge in [-0.25, -0.2) is 4.98 Å². The van der Waals surface area contributed by atoms with Crippen LogP contribution in [0.3, 0.4) is 0 Å². The van der Waals surface area contributed by atoms with Gasteiger partial charge in [0, 0.05) is 24.4 Å². The number of aromatic nitrogens is 2. The first kappa shape index (κ1) is 13.2. The Morgan fingerprint density at radius 3 is 2.69 bits per heavy atom. The molecule has 0 spiro atoms. The third-order valence-corrected chi connectivity index (χ3v) is 2.88. The molecule has 0 saturated carbocycles. The highest BCUT2D eigenvalue weighted by atomic mass is 16.3. The molecule has 0 bridgehead atoms. The van der Waals surface area contributed by atoms with E-state index in [-0.39, 0.29) is 18.7 Å². The van der Waals surface area contributed by atoms with Gasteiger partial charge >= 0.3 is 0 Å². The van der Waals surface area contributed by atoms with Crippen LogP contribution >= 0.6 is 0 Å². The Hall–Kier alpha value is -0.870. The van der Waals surface area contributed by atoms with Crippen molar-refractivity contribution in [1.29, 1.82) is 0 Å². The van der Waals surface area contributed by atoms with E-state index in [9.17, 15) is 5.11 Å². The van der Waals surface area contributed by atoms with Crippen LogP contribution in [-0.4, -0.2) is 27.3 Å². The summed E-state index contributed by atoms with van der Waals surface area (Å²) in [5.41, 5.74) is 6.09. The summed E-state index contributed by atoms with van der Waals surface area (Å²) in [5, 5.41) is 9.47. The summed E-state index contributed by atoms with van der Waals surface area (Å²) >= 11 is 0. The van der Waals surface area contributed by atoms with Crippen LogP contribution in [-0.2, 0) is 0 Å². The van der Waals surface area contributed by atoms with Crippen molar-refractivity contribution in [3.05, 3.63) is 18.2 Å². The smallest absolute Gasteiger partial charge is 0.111 e. The zero-order chi connectivity index (χ0) is 12.1. The highest BCUT2D eigenvalue weighted by Crippen LogP contribution is 2.20. The van der Waals surface area contributed by atoms with Gasteiger partial charge in [-0.2, -0.15) is 0 Å². The first-order valence-electron chi connectivity index (χ1n) is 6.01. The van der Waals surface area contributed by atoms with Gasteiger partial charge < -0.3 is 15.4 Å². The van der Waals surface area contributed by atoms with Crippen molar-refractivity contribution >= 4 is 0 Å². The lowest BCUT2D eigenvalue weighted by Crippen LogP contribution is -2.35. The second-order valence-corrected chi connectivity index (χ2v) is 4.55. The predicted octanol–water partition coefficient (Wildman–Crippen LogP) is 1.67. The molecule has 4 nitrogen and oxygen atoms in total. The number of hydrogen-bond acceptors (Lipinski definition) is 3. The highest BCUT2D eigenvalue weighted by molar-refractivity contribution is 5.01. The maximum absolute atomic E-state index is 9.47. The van der Waals surface area contributed by atoms with E-state index >= 15 is 0 Å². The van der Waals surface area contributed by atoms with Crippen LogP contribution in [0, 0.1) is 0 Å². The molecule has 0 aromatic carbocycles. The second-order valence-electron chi connectivity index (χ2n) is 4.55. The van der Waals surface area contributed by atoms with Crippen LogP contribution in [0.5, 0.6) is 0 Å². The molecule has 2 atom stereocenters. The van der Waals surface area contributed by atoms with E-state index in [1.807, 2.05) is 10.8 Å². The summed E-state index contributed by atoms with van der Waals surface area (Å²) in [6.07, 6.45) is 5.63. The lowest BCUT2D eigenvalue weighted by atomic mass is 10.0. The summed E-state index contributed by atoms with van der Waals surface area (Å²) in [4.78, 5) is 4.32. The molecule has 1 aromatic heterocycles. The van der Waals surface area contributed by atoms with Crippen LogP contribution < -0.4 is 5.73 Å². The molecule has 1 rings (SSSR count). The van der Waals surface area contributed by atoms with Crippen LogP contribution in [0.15, 0.2) is 12.4 Å². The Kier molecular flexibility index (Phi) is 4.96. The minimum absolute atomic E-state index is 0.0123. The fraction of sp³-hybridized carbons (Fsp3) is 0.750. The Balaban J connectivity index is 2.90. The van der Waals surface area contributed by atoms with E-state index < -0.39 is 0 Å². The van der Waals surface area contributed by atoms with Crippen molar-refractivity contribution in [3.8, 4) is 0 Å². The fourth-order valence-electron chi connectivity index (χ4n) is 2.01. The molecule has 1 aromatic rings. The summed E-state index contributed by atoms with van der Waals surface area (Å²) in [6.45, 7) is 6.36. The van der Waals surface area contributed by atoms with Gasteiger partial charge in [0.1, 0.15) is 5.82 Å². The number of hydrogen-bond donors (Lipinski definition) is 2. The van der Waals surface area contributed by atoms with Crippen LogP contribution in [0.25, 0.3) is 0 Å². The number of aliphatic hydroxyl groups is 1. The standard InChI is InChI=1S/C12H23N3O/c1-4-5-10(13)11(8-16)15-7-6-14-12(15)9(2)3/h6-7,9-11,16H,4-5,8,13H2,1-3H3. The summed E-state index contributed by atoms with van der Waals surface area (Å²) in [5.74, 6) is 1.34. The molecule has 0 aliphatic heterocycles. The monoisotopic (exact) mass is 225 g/mol.